The summed E-state index contributed by atoms with van der Waals surface area (Å²) in [6, 6.07) is 20.2. The summed E-state index contributed by atoms with van der Waals surface area (Å²) in [5.74, 6) is 0.726. The van der Waals surface area contributed by atoms with Gasteiger partial charge in [0.2, 0.25) is 5.91 Å². The predicted molar refractivity (Wildman–Crippen MR) is 113 cm³/mol. The Morgan fingerprint density at radius 2 is 1.75 bits per heavy atom. The monoisotopic (exact) mass is 378 g/mol. The minimum atomic E-state index is 0.206. The maximum absolute atomic E-state index is 11.9. The van der Waals surface area contributed by atoms with Crippen LogP contribution in [-0.4, -0.2) is 55.5 Å². The Hall–Kier alpha value is -2.21. The Bertz CT molecular complexity index is 790. The van der Waals surface area contributed by atoms with Crippen LogP contribution in [0.5, 0.6) is 0 Å². The molecule has 0 spiro atoms. The van der Waals surface area contributed by atoms with Gasteiger partial charge in [0.1, 0.15) is 0 Å². The van der Waals surface area contributed by atoms with Crippen molar-refractivity contribution in [3.05, 3.63) is 60.2 Å². The van der Waals surface area contributed by atoms with Crippen molar-refractivity contribution in [2.24, 2.45) is 5.92 Å². The predicted octanol–water partition coefficient (Wildman–Crippen LogP) is 2.67. The SMILES string of the molecule is CN(C)C(=O)CCN1CCC2NNC(c3ccc(-c4ccccc4)cc3)C2C1. The van der Waals surface area contributed by atoms with Crippen molar-refractivity contribution >= 4 is 5.91 Å². The summed E-state index contributed by atoms with van der Waals surface area (Å²) < 4.78 is 0. The first-order valence-electron chi connectivity index (χ1n) is 10.2. The van der Waals surface area contributed by atoms with Crippen LogP contribution in [0.4, 0.5) is 0 Å². The molecule has 1 amide bonds. The summed E-state index contributed by atoms with van der Waals surface area (Å²) in [6.45, 7) is 2.92. The fourth-order valence-corrected chi connectivity index (χ4v) is 4.40. The van der Waals surface area contributed by atoms with Gasteiger partial charge in [-0.05, 0) is 29.7 Å². The molecule has 0 radical (unpaired) electrons. The smallest absolute Gasteiger partial charge is 0.223 e. The van der Waals surface area contributed by atoms with Gasteiger partial charge < -0.3 is 9.80 Å². The maximum Gasteiger partial charge on any atom is 0.223 e. The molecular formula is C23H30N4O. The normalized spacial score (nSPS) is 24.7. The Kier molecular flexibility index (Phi) is 5.76. The largest absolute Gasteiger partial charge is 0.349 e. The van der Waals surface area contributed by atoms with Gasteiger partial charge >= 0.3 is 0 Å². The van der Waals surface area contributed by atoms with E-state index in [9.17, 15) is 4.79 Å². The van der Waals surface area contributed by atoms with Gasteiger partial charge in [0.05, 0.1) is 6.04 Å². The van der Waals surface area contributed by atoms with Crippen LogP contribution in [0.15, 0.2) is 54.6 Å². The summed E-state index contributed by atoms with van der Waals surface area (Å²) in [6.07, 6.45) is 1.72. The molecule has 5 heteroatoms. The van der Waals surface area contributed by atoms with Crippen molar-refractivity contribution in [3.8, 4) is 11.1 Å². The summed E-state index contributed by atoms with van der Waals surface area (Å²) in [7, 11) is 3.66. The minimum Gasteiger partial charge on any atom is -0.349 e. The Morgan fingerprint density at radius 3 is 2.46 bits per heavy atom. The third kappa shape index (κ3) is 4.12. The second-order valence-electron chi connectivity index (χ2n) is 8.15. The first-order chi connectivity index (χ1) is 13.6. The van der Waals surface area contributed by atoms with E-state index in [1.807, 2.05) is 20.2 Å². The number of carbonyl (C=O) groups is 1. The number of rotatable bonds is 5. The lowest BCUT2D eigenvalue weighted by atomic mass is 9.84. The number of likely N-dealkylation sites (tertiary alicyclic amines) is 1. The zero-order valence-electron chi connectivity index (χ0n) is 16.8. The molecule has 0 aliphatic carbocycles. The van der Waals surface area contributed by atoms with E-state index in [-0.39, 0.29) is 5.91 Å². The van der Waals surface area contributed by atoms with E-state index >= 15 is 0 Å². The molecule has 5 nitrogen and oxygen atoms in total. The van der Waals surface area contributed by atoms with E-state index in [2.05, 4.69) is 64.3 Å². The molecule has 2 saturated heterocycles. The Morgan fingerprint density at radius 1 is 1.04 bits per heavy atom. The second kappa shape index (κ2) is 8.43. The van der Waals surface area contributed by atoms with Crippen LogP contribution in [0.2, 0.25) is 0 Å². The van der Waals surface area contributed by atoms with Crippen LogP contribution in [0.1, 0.15) is 24.4 Å². The number of piperidine rings is 1. The number of hydrogen-bond donors (Lipinski definition) is 2. The number of hydrazine groups is 1. The summed E-state index contributed by atoms with van der Waals surface area (Å²) in [4.78, 5) is 16.1. The lowest BCUT2D eigenvalue weighted by Crippen LogP contribution is -2.46. The highest BCUT2D eigenvalue weighted by atomic mass is 16.2. The van der Waals surface area contributed by atoms with Crippen LogP contribution in [0, 0.1) is 5.92 Å². The third-order valence-electron chi connectivity index (χ3n) is 6.11. The topological polar surface area (TPSA) is 47.6 Å². The molecule has 4 rings (SSSR count). The molecule has 2 fully saturated rings. The van der Waals surface area contributed by atoms with Crippen molar-refractivity contribution in [2.45, 2.75) is 24.9 Å². The van der Waals surface area contributed by atoms with Crippen molar-refractivity contribution in [1.82, 2.24) is 20.7 Å². The van der Waals surface area contributed by atoms with Crippen molar-refractivity contribution in [3.63, 3.8) is 0 Å². The molecular weight excluding hydrogens is 348 g/mol. The van der Waals surface area contributed by atoms with E-state index in [1.165, 1.54) is 16.7 Å². The Balaban J connectivity index is 1.42. The molecule has 0 bridgehead atoms. The van der Waals surface area contributed by atoms with Gasteiger partial charge in [0.15, 0.2) is 0 Å². The van der Waals surface area contributed by atoms with Gasteiger partial charge in [0.25, 0.3) is 0 Å². The van der Waals surface area contributed by atoms with E-state index in [0.29, 0.717) is 24.4 Å². The zero-order chi connectivity index (χ0) is 19.5. The summed E-state index contributed by atoms with van der Waals surface area (Å²) >= 11 is 0. The molecule has 0 saturated carbocycles. The van der Waals surface area contributed by atoms with Crippen LogP contribution in [-0.2, 0) is 4.79 Å². The number of nitrogens with one attached hydrogen (secondary N) is 2. The van der Waals surface area contributed by atoms with Crippen molar-refractivity contribution in [1.29, 1.82) is 0 Å². The molecule has 3 unspecified atom stereocenters. The van der Waals surface area contributed by atoms with Gasteiger partial charge in [0, 0.05) is 45.6 Å². The van der Waals surface area contributed by atoms with Gasteiger partial charge in [-0.2, -0.15) is 0 Å². The molecule has 2 aromatic rings. The van der Waals surface area contributed by atoms with E-state index < -0.39 is 0 Å². The minimum absolute atomic E-state index is 0.206. The van der Waals surface area contributed by atoms with Crippen molar-refractivity contribution < 1.29 is 4.79 Å². The number of amides is 1. The number of fused-ring (bicyclic) bond motifs is 1. The van der Waals surface area contributed by atoms with Gasteiger partial charge in [-0.1, -0.05) is 54.6 Å². The van der Waals surface area contributed by atoms with Gasteiger partial charge in [-0.3, -0.25) is 10.2 Å². The van der Waals surface area contributed by atoms with Gasteiger partial charge in [-0.25, -0.2) is 5.43 Å². The molecule has 28 heavy (non-hydrogen) atoms. The highest BCUT2D eigenvalue weighted by Crippen LogP contribution is 2.34. The van der Waals surface area contributed by atoms with E-state index in [4.69, 9.17) is 0 Å². The van der Waals surface area contributed by atoms with E-state index in [1.54, 1.807) is 4.90 Å². The highest BCUT2D eigenvalue weighted by molar-refractivity contribution is 5.75. The molecule has 3 atom stereocenters. The van der Waals surface area contributed by atoms with Crippen LogP contribution >= 0.6 is 0 Å². The van der Waals surface area contributed by atoms with E-state index in [0.717, 1.165) is 26.1 Å². The fraction of sp³-hybridized carbons (Fsp3) is 0.435. The molecule has 2 aliphatic rings. The average Bonchev–Trinajstić information content (AvgIpc) is 3.16. The lowest BCUT2D eigenvalue weighted by molar-refractivity contribution is -0.129. The van der Waals surface area contributed by atoms with Crippen LogP contribution in [0.25, 0.3) is 11.1 Å². The fourth-order valence-electron chi connectivity index (χ4n) is 4.40. The lowest BCUT2D eigenvalue weighted by Gasteiger charge is -2.36. The zero-order valence-corrected chi connectivity index (χ0v) is 16.8. The summed E-state index contributed by atoms with van der Waals surface area (Å²) in [5, 5.41) is 0. The number of carbonyl (C=O) groups excluding carboxylic acids is 1. The molecule has 2 N–H and O–H groups in total. The molecule has 148 valence electrons. The van der Waals surface area contributed by atoms with Crippen LogP contribution in [0.3, 0.4) is 0 Å². The Labute approximate surface area is 167 Å². The first kappa shape index (κ1) is 19.1. The molecule has 2 aromatic carbocycles. The maximum atomic E-state index is 11.9. The second-order valence-corrected chi connectivity index (χ2v) is 8.15. The number of hydrogen-bond acceptors (Lipinski definition) is 4. The summed E-state index contributed by atoms with van der Waals surface area (Å²) in [5.41, 5.74) is 10.9. The van der Waals surface area contributed by atoms with Crippen molar-refractivity contribution in [2.75, 3.05) is 33.7 Å². The highest BCUT2D eigenvalue weighted by Gasteiger charge is 2.40. The number of nitrogens with zero attached hydrogens (tertiary/aromatic N) is 2. The molecule has 0 aromatic heterocycles. The molecule has 2 aliphatic heterocycles. The molecule has 2 heterocycles. The average molecular weight is 379 g/mol. The van der Waals surface area contributed by atoms with Gasteiger partial charge in [-0.15, -0.1) is 0 Å². The van der Waals surface area contributed by atoms with Crippen LogP contribution < -0.4 is 10.9 Å². The number of benzene rings is 2. The standard InChI is InChI=1S/C23H30N4O/c1-26(2)22(28)13-15-27-14-12-21-20(16-27)23(25-24-21)19-10-8-18(9-11-19)17-6-4-3-5-7-17/h3-11,20-21,23-25H,12-16H2,1-2H3. The third-order valence-corrected chi connectivity index (χ3v) is 6.11. The first-order valence-corrected chi connectivity index (χ1v) is 10.2. The quantitative estimate of drug-likeness (QED) is 0.840.